The smallest absolute Gasteiger partial charge is 0.239 e. The van der Waals surface area contributed by atoms with Crippen molar-refractivity contribution in [1.82, 2.24) is 14.9 Å². The lowest BCUT2D eigenvalue weighted by molar-refractivity contribution is -0.129. The number of nitrogen functional groups attached to an aromatic ring is 1. The third-order valence-corrected chi connectivity index (χ3v) is 3.44. The maximum Gasteiger partial charge on any atom is 0.239 e. The van der Waals surface area contributed by atoms with E-state index in [4.69, 9.17) is 11.5 Å². The van der Waals surface area contributed by atoms with Gasteiger partial charge in [0.1, 0.15) is 12.1 Å². The van der Waals surface area contributed by atoms with Crippen LogP contribution in [0.2, 0.25) is 0 Å². The van der Waals surface area contributed by atoms with E-state index in [1.807, 2.05) is 18.2 Å². The SMILES string of the molecule is Nc1ncnc2cc(CN3CCC(N)C3=O)ccc12. The monoisotopic (exact) mass is 257 g/mol. The van der Waals surface area contributed by atoms with Gasteiger partial charge < -0.3 is 16.4 Å². The molecule has 1 fully saturated rings. The van der Waals surface area contributed by atoms with E-state index < -0.39 is 0 Å². The summed E-state index contributed by atoms with van der Waals surface area (Å²) in [4.78, 5) is 21.7. The van der Waals surface area contributed by atoms with Gasteiger partial charge in [-0.3, -0.25) is 4.79 Å². The molecule has 6 nitrogen and oxygen atoms in total. The summed E-state index contributed by atoms with van der Waals surface area (Å²) in [5.41, 5.74) is 13.3. The third-order valence-electron chi connectivity index (χ3n) is 3.44. The molecule has 3 rings (SSSR count). The minimum absolute atomic E-state index is 0.0160. The van der Waals surface area contributed by atoms with E-state index in [2.05, 4.69) is 9.97 Å². The lowest BCUT2D eigenvalue weighted by Crippen LogP contribution is -2.33. The Labute approximate surface area is 110 Å². The molecule has 1 atom stereocenters. The van der Waals surface area contributed by atoms with Crippen LogP contribution in [-0.4, -0.2) is 33.4 Å². The van der Waals surface area contributed by atoms with Gasteiger partial charge in [-0.05, 0) is 24.1 Å². The largest absolute Gasteiger partial charge is 0.383 e. The fourth-order valence-corrected chi connectivity index (χ4v) is 2.36. The summed E-state index contributed by atoms with van der Waals surface area (Å²) in [5.74, 6) is 0.484. The second kappa shape index (κ2) is 4.47. The van der Waals surface area contributed by atoms with Crippen LogP contribution in [0.1, 0.15) is 12.0 Å². The highest BCUT2D eigenvalue weighted by molar-refractivity contribution is 5.88. The highest BCUT2D eigenvalue weighted by Gasteiger charge is 2.28. The fourth-order valence-electron chi connectivity index (χ4n) is 2.36. The Bertz CT molecular complexity index is 642. The van der Waals surface area contributed by atoms with Crippen molar-refractivity contribution in [2.75, 3.05) is 12.3 Å². The van der Waals surface area contributed by atoms with Crippen LogP contribution in [0, 0.1) is 0 Å². The van der Waals surface area contributed by atoms with Gasteiger partial charge in [0.05, 0.1) is 11.6 Å². The molecule has 0 radical (unpaired) electrons. The van der Waals surface area contributed by atoms with E-state index in [-0.39, 0.29) is 11.9 Å². The summed E-state index contributed by atoms with van der Waals surface area (Å²) in [6.45, 7) is 1.27. The Hall–Kier alpha value is -2.21. The van der Waals surface area contributed by atoms with Gasteiger partial charge in [-0.25, -0.2) is 9.97 Å². The third kappa shape index (κ3) is 2.10. The maximum absolute atomic E-state index is 11.8. The summed E-state index contributed by atoms with van der Waals surface area (Å²) < 4.78 is 0. The van der Waals surface area contributed by atoms with Crippen molar-refractivity contribution in [1.29, 1.82) is 0 Å². The van der Waals surface area contributed by atoms with Crippen molar-refractivity contribution < 1.29 is 4.79 Å². The van der Waals surface area contributed by atoms with Crippen molar-refractivity contribution in [3.8, 4) is 0 Å². The summed E-state index contributed by atoms with van der Waals surface area (Å²) in [7, 11) is 0. The van der Waals surface area contributed by atoms with E-state index in [0.29, 0.717) is 18.9 Å². The fraction of sp³-hybridized carbons (Fsp3) is 0.308. The number of anilines is 1. The molecule has 1 unspecified atom stereocenters. The van der Waals surface area contributed by atoms with Crippen molar-refractivity contribution in [2.24, 2.45) is 5.73 Å². The average Bonchev–Trinajstić information content (AvgIpc) is 2.71. The molecule has 2 heterocycles. The first-order valence-corrected chi connectivity index (χ1v) is 6.18. The molecule has 1 saturated heterocycles. The molecule has 1 aromatic heterocycles. The van der Waals surface area contributed by atoms with Crippen LogP contribution >= 0.6 is 0 Å². The first kappa shape index (κ1) is 11.9. The molecule has 0 saturated carbocycles. The number of amides is 1. The quantitative estimate of drug-likeness (QED) is 0.804. The lowest BCUT2D eigenvalue weighted by atomic mass is 10.1. The number of hydrogen-bond donors (Lipinski definition) is 2. The molecule has 1 aliphatic rings. The van der Waals surface area contributed by atoms with Crippen LogP contribution in [-0.2, 0) is 11.3 Å². The zero-order valence-corrected chi connectivity index (χ0v) is 10.4. The first-order valence-electron chi connectivity index (χ1n) is 6.18. The van der Waals surface area contributed by atoms with E-state index in [9.17, 15) is 4.79 Å². The topological polar surface area (TPSA) is 98.1 Å². The number of aromatic nitrogens is 2. The Kier molecular flexibility index (Phi) is 2.79. The Morgan fingerprint density at radius 3 is 2.95 bits per heavy atom. The van der Waals surface area contributed by atoms with Crippen LogP contribution in [0.3, 0.4) is 0 Å². The number of likely N-dealkylation sites (tertiary alicyclic amines) is 1. The predicted molar refractivity (Wildman–Crippen MR) is 72.0 cm³/mol. The van der Waals surface area contributed by atoms with Gasteiger partial charge in [0.2, 0.25) is 5.91 Å². The van der Waals surface area contributed by atoms with Crippen LogP contribution in [0.5, 0.6) is 0 Å². The van der Waals surface area contributed by atoms with Gasteiger partial charge in [0.15, 0.2) is 0 Å². The molecule has 98 valence electrons. The van der Waals surface area contributed by atoms with Crippen molar-refractivity contribution >= 4 is 22.6 Å². The summed E-state index contributed by atoms with van der Waals surface area (Å²) in [5, 5.41) is 0.829. The summed E-state index contributed by atoms with van der Waals surface area (Å²) >= 11 is 0. The Morgan fingerprint density at radius 1 is 1.37 bits per heavy atom. The molecule has 19 heavy (non-hydrogen) atoms. The molecule has 0 aliphatic carbocycles. The van der Waals surface area contributed by atoms with Crippen LogP contribution < -0.4 is 11.5 Å². The molecule has 1 aliphatic heterocycles. The maximum atomic E-state index is 11.8. The van der Waals surface area contributed by atoms with Gasteiger partial charge >= 0.3 is 0 Å². The Balaban J connectivity index is 1.88. The molecule has 0 bridgehead atoms. The molecule has 1 aromatic carbocycles. The normalized spacial score (nSPS) is 19.3. The number of carbonyl (C=O) groups is 1. The van der Waals surface area contributed by atoms with Gasteiger partial charge in [-0.1, -0.05) is 6.07 Å². The van der Waals surface area contributed by atoms with Gasteiger partial charge in [-0.15, -0.1) is 0 Å². The highest BCUT2D eigenvalue weighted by Crippen LogP contribution is 2.20. The molecular formula is C13H15N5O. The predicted octanol–water partition coefficient (Wildman–Crippen LogP) is 0.272. The van der Waals surface area contributed by atoms with E-state index in [0.717, 1.165) is 22.9 Å². The van der Waals surface area contributed by atoms with Gasteiger partial charge in [-0.2, -0.15) is 0 Å². The molecule has 2 aromatic rings. The van der Waals surface area contributed by atoms with Crippen LogP contribution in [0.15, 0.2) is 24.5 Å². The van der Waals surface area contributed by atoms with E-state index in [1.165, 1.54) is 6.33 Å². The van der Waals surface area contributed by atoms with E-state index in [1.54, 1.807) is 4.90 Å². The number of hydrogen-bond acceptors (Lipinski definition) is 5. The number of fused-ring (bicyclic) bond motifs is 1. The molecule has 0 spiro atoms. The number of nitrogens with two attached hydrogens (primary N) is 2. The van der Waals surface area contributed by atoms with Crippen LogP contribution in [0.25, 0.3) is 10.9 Å². The number of nitrogens with zero attached hydrogens (tertiary/aromatic N) is 3. The standard InChI is InChI=1S/C13H15N5O/c14-10-3-4-18(13(10)19)6-8-1-2-9-11(5-8)16-7-17-12(9)15/h1-2,5,7,10H,3-4,6,14H2,(H2,15,16,17). The zero-order chi connectivity index (χ0) is 13.4. The highest BCUT2D eigenvalue weighted by atomic mass is 16.2. The second-order valence-corrected chi connectivity index (χ2v) is 4.77. The van der Waals surface area contributed by atoms with Crippen molar-refractivity contribution in [2.45, 2.75) is 19.0 Å². The minimum atomic E-state index is -0.349. The molecular weight excluding hydrogens is 242 g/mol. The summed E-state index contributed by atoms with van der Waals surface area (Å²) in [6, 6.07) is 5.42. The van der Waals surface area contributed by atoms with Crippen molar-refractivity contribution in [3.63, 3.8) is 0 Å². The second-order valence-electron chi connectivity index (χ2n) is 4.77. The van der Waals surface area contributed by atoms with Gasteiger partial charge in [0.25, 0.3) is 0 Å². The van der Waals surface area contributed by atoms with Gasteiger partial charge in [0, 0.05) is 18.5 Å². The first-order chi connectivity index (χ1) is 9.15. The Morgan fingerprint density at radius 2 is 2.21 bits per heavy atom. The van der Waals surface area contributed by atoms with E-state index >= 15 is 0 Å². The number of carbonyl (C=O) groups excluding carboxylic acids is 1. The number of rotatable bonds is 2. The zero-order valence-electron chi connectivity index (χ0n) is 10.4. The summed E-state index contributed by atoms with van der Waals surface area (Å²) in [6.07, 6.45) is 2.17. The minimum Gasteiger partial charge on any atom is -0.383 e. The average molecular weight is 257 g/mol. The van der Waals surface area contributed by atoms with Crippen molar-refractivity contribution in [3.05, 3.63) is 30.1 Å². The molecule has 6 heteroatoms. The number of benzene rings is 1. The lowest BCUT2D eigenvalue weighted by Gasteiger charge is -2.16. The molecule has 4 N–H and O–H groups in total. The van der Waals surface area contributed by atoms with Crippen LogP contribution in [0.4, 0.5) is 5.82 Å². The molecule has 1 amide bonds.